The van der Waals surface area contributed by atoms with Crippen LogP contribution in [0.25, 0.3) is 0 Å². The van der Waals surface area contributed by atoms with E-state index in [1.54, 1.807) is 6.92 Å². The van der Waals surface area contributed by atoms with Crippen molar-refractivity contribution in [2.75, 3.05) is 6.61 Å². The van der Waals surface area contributed by atoms with Gasteiger partial charge in [-0.05, 0) is 37.5 Å². The van der Waals surface area contributed by atoms with Gasteiger partial charge in [-0.3, -0.25) is 4.79 Å². The molecule has 0 unspecified atom stereocenters. The van der Waals surface area contributed by atoms with Crippen molar-refractivity contribution < 1.29 is 14.6 Å². The molecule has 1 saturated carbocycles. The van der Waals surface area contributed by atoms with Crippen LogP contribution in [0.3, 0.4) is 0 Å². The zero-order valence-electron chi connectivity index (χ0n) is 9.65. The van der Waals surface area contributed by atoms with Crippen molar-refractivity contribution in [3.05, 3.63) is 34.3 Å². The second-order valence-corrected chi connectivity index (χ2v) is 5.31. The Kier molecular flexibility index (Phi) is 3.54. The summed E-state index contributed by atoms with van der Waals surface area (Å²) in [7, 11) is 0. The highest BCUT2D eigenvalue weighted by atomic mass is 79.9. The molecule has 0 amide bonds. The fourth-order valence-corrected chi connectivity index (χ4v) is 2.44. The second-order valence-electron chi connectivity index (χ2n) is 4.40. The van der Waals surface area contributed by atoms with E-state index in [0.29, 0.717) is 19.4 Å². The van der Waals surface area contributed by atoms with Crippen LogP contribution in [0, 0.1) is 5.92 Å². The molecule has 92 valence electrons. The van der Waals surface area contributed by atoms with Crippen molar-refractivity contribution in [1.82, 2.24) is 0 Å². The molecule has 0 saturated heterocycles. The summed E-state index contributed by atoms with van der Waals surface area (Å²) in [6, 6.07) is 7.55. The minimum Gasteiger partial charge on any atom is -0.466 e. The van der Waals surface area contributed by atoms with E-state index in [4.69, 9.17) is 4.74 Å². The molecule has 1 N–H and O–H groups in total. The number of esters is 1. The van der Waals surface area contributed by atoms with Crippen LogP contribution >= 0.6 is 15.9 Å². The largest absolute Gasteiger partial charge is 0.466 e. The first-order valence-electron chi connectivity index (χ1n) is 5.70. The maximum absolute atomic E-state index is 11.5. The number of halogens is 1. The molecule has 3 nitrogen and oxygen atoms in total. The van der Waals surface area contributed by atoms with Gasteiger partial charge >= 0.3 is 5.97 Å². The summed E-state index contributed by atoms with van der Waals surface area (Å²) >= 11 is 3.35. The van der Waals surface area contributed by atoms with Crippen molar-refractivity contribution in [2.45, 2.75) is 25.4 Å². The molecule has 1 aromatic carbocycles. The zero-order valence-corrected chi connectivity index (χ0v) is 11.2. The predicted molar refractivity (Wildman–Crippen MR) is 67.4 cm³/mol. The van der Waals surface area contributed by atoms with Crippen molar-refractivity contribution in [1.29, 1.82) is 0 Å². The Bertz CT molecular complexity index is 407. The molecule has 1 aromatic rings. The van der Waals surface area contributed by atoms with Crippen LogP contribution in [-0.4, -0.2) is 17.7 Å². The first-order valence-corrected chi connectivity index (χ1v) is 6.49. The molecule has 2 rings (SSSR count). The van der Waals surface area contributed by atoms with E-state index in [2.05, 4.69) is 15.9 Å². The van der Waals surface area contributed by atoms with Gasteiger partial charge in [0, 0.05) is 4.47 Å². The molecule has 1 aliphatic carbocycles. The van der Waals surface area contributed by atoms with Crippen molar-refractivity contribution in [2.24, 2.45) is 5.92 Å². The van der Waals surface area contributed by atoms with Crippen LogP contribution in [0.4, 0.5) is 0 Å². The number of hydrogen-bond donors (Lipinski definition) is 1. The second kappa shape index (κ2) is 4.78. The van der Waals surface area contributed by atoms with Crippen molar-refractivity contribution in [3.63, 3.8) is 0 Å². The lowest BCUT2D eigenvalue weighted by Gasteiger charge is -2.42. The molecule has 17 heavy (non-hydrogen) atoms. The summed E-state index contributed by atoms with van der Waals surface area (Å²) in [4.78, 5) is 11.5. The van der Waals surface area contributed by atoms with E-state index in [1.165, 1.54) is 0 Å². The lowest BCUT2D eigenvalue weighted by molar-refractivity contribution is -0.165. The molecular weight excluding hydrogens is 284 g/mol. The topological polar surface area (TPSA) is 46.5 Å². The molecule has 0 aromatic heterocycles. The zero-order chi connectivity index (χ0) is 12.5. The molecular formula is C13H15BrO3. The highest BCUT2D eigenvalue weighted by molar-refractivity contribution is 9.10. The number of carbonyl (C=O) groups is 1. The lowest BCUT2D eigenvalue weighted by atomic mass is 9.67. The average Bonchev–Trinajstić information content (AvgIpc) is 2.26. The van der Waals surface area contributed by atoms with Gasteiger partial charge < -0.3 is 9.84 Å². The van der Waals surface area contributed by atoms with Gasteiger partial charge in [-0.1, -0.05) is 28.1 Å². The van der Waals surface area contributed by atoms with Gasteiger partial charge in [-0.15, -0.1) is 0 Å². The monoisotopic (exact) mass is 298 g/mol. The normalized spacial score (nSPS) is 27.4. The molecule has 0 radical (unpaired) electrons. The highest BCUT2D eigenvalue weighted by Crippen LogP contribution is 2.46. The Morgan fingerprint density at radius 1 is 1.47 bits per heavy atom. The van der Waals surface area contributed by atoms with Gasteiger partial charge in [0.15, 0.2) is 0 Å². The maximum Gasteiger partial charge on any atom is 0.309 e. The maximum atomic E-state index is 11.5. The third-order valence-corrected chi connectivity index (χ3v) is 3.70. The molecule has 0 aliphatic heterocycles. The minimum atomic E-state index is -0.863. The fourth-order valence-electron chi connectivity index (χ4n) is 2.18. The molecule has 0 spiro atoms. The first-order chi connectivity index (χ1) is 8.05. The van der Waals surface area contributed by atoms with Gasteiger partial charge in [-0.25, -0.2) is 0 Å². The summed E-state index contributed by atoms with van der Waals surface area (Å²) in [5, 5.41) is 10.3. The van der Waals surface area contributed by atoms with Gasteiger partial charge in [0.05, 0.1) is 18.1 Å². The molecule has 0 atom stereocenters. The summed E-state index contributed by atoms with van der Waals surface area (Å²) in [5.74, 6) is -0.363. The van der Waals surface area contributed by atoms with Gasteiger partial charge in [0.1, 0.15) is 0 Å². The van der Waals surface area contributed by atoms with Gasteiger partial charge in [0.2, 0.25) is 0 Å². The summed E-state index contributed by atoms with van der Waals surface area (Å²) in [6.07, 6.45) is 0.904. The third kappa shape index (κ3) is 2.53. The molecule has 0 bridgehead atoms. The molecule has 1 aliphatic rings. The molecule has 0 heterocycles. The van der Waals surface area contributed by atoms with Crippen LogP contribution in [0.1, 0.15) is 25.3 Å². The molecule has 4 heteroatoms. The van der Waals surface area contributed by atoms with E-state index in [1.807, 2.05) is 24.3 Å². The summed E-state index contributed by atoms with van der Waals surface area (Å²) in [5.41, 5.74) is -0.000701. The van der Waals surface area contributed by atoms with Crippen molar-refractivity contribution >= 4 is 21.9 Å². The van der Waals surface area contributed by atoms with Crippen molar-refractivity contribution in [3.8, 4) is 0 Å². The Hall–Kier alpha value is -0.870. The standard InChI is InChI=1S/C13H15BrO3/c1-2-17-12(15)9-7-13(16,8-9)10-3-5-11(14)6-4-10/h3-6,9,16H,2,7-8H2,1H3. The van der Waals surface area contributed by atoms with E-state index >= 15 is 0 Å². The Labute approximate surface area is 109 Å². The summed E-state index contributed by atoms with van der Waals surface area (Å²) in [6.45, 7) is 2.18. The van der Waals surface area contributed by atoms with Crippen LogP contribution in [0.2, 0.25) is 0 Å². The lowest BCUT2D eigenvalue weighted by Crippen LogP contribution is -2.45. The summed E-state index contributed by atoms with van der Waals surface area (Å²) < 4.78 is 5.91. The number of ether oxygens (including phenoxy) is 1. The van der Waals surface area contributed by atoms with E-state index in [-0.39, 0.29) is 11.9 Å². The molecule has 1 fully saturated rings. The third-order valence-electron chi connectivity index (χ3n) is 3.17. The SMILES string of the molecule is CCOC(=O)C1CC(O)(c2ccc(Br)cc2)C1. The van der Waals surface area contributed by atoms with Gasteiger partial charge in [-0.2, -0.15) is 0 Å². The number of hydrogen-bond acceptors (Lipinski definition) is 3. The van der Waals surface area contributed by atoms with E-state index in [9.17, 15) is 9.90 Å². The minimum absolute atomic E-state index is 0.163. The van der Waals surface area contributed by atoms with E-state index < -0.39 is 5.60 Å². The Balaban J connectivity index is 2.01. The van der Waals surface area contributed by atoms with Crippen LogP contribution in [0.5, 0.6) is 0 Å². The van der Waals surface area contributed by atoms with Crippen LogP contribution < -0.4 is 0 Å². The quantitative estimate of drug-likeness (QED) is 0.873. The highest BCUT2D eigenvalue weighted by Gasteiger charge is 2.47. The smallest absolute Gasteiger partial charge is 0.309 e. The number of rotatable bonds is 3. The Morgan fingerprint density at radius 2 is 2.06 bits per heavy atom. The van der Waals surface area contributed by atoms with E-state index in [0.717, 1.165) is 10.0 Å². The van der Waals surface area contributed by atoms with Crippen LogP contribution in [0.15, 0.2) is 28.7 Å². The number of carbonyl (C=O) groups excluding carboxylic acids is 1. The number of benzene rings is 1. The Morgan fingerprint density at radius 3 is 2.59 bits per heavy atom. The predicted octanol–water partition coefficient (Wildman–Crippen LogP) is 2.61. The average molecular weight is 299 g/mol. The fraction of sp³-hybridized carbons (Fsp3) is 0.462. The van der Waals surface area contributed by atoms with Gasteiger partial charge in [0.25, 0.3) is 0 Å². The number of aliphatic hydroxyl groups is 1. The van der Waals surface area contributed by atoms with Crippen LogP contribution in [-0.2, 0) is 15.1 Å². The first kappa shape index (κ1) is 12.6.